The molecule has 0 bridgehead atoms. The van der Waals surface area contributed by atoms with Crippen LogP contribution in [0.25, 0.3) is 0 Å². The average Bonchev–Trinajstić information content (AvgIpc) is 2.70. The molecular weight excluding hydrogens is 397 g/mol. The van der Waals surface area contributed by atoms with Crippen LogP contribution in [0.4, 0.5) is 11.4 Å². The van der Waals surface area contributed by atoms with Crippen molar-refractivity contribution in [1.29, 1.82) is 0 Å². The number of aromatic nitrogens is 1. The molecule has 2 heterocycles. The number of anilines is 2. The molecule has 1 aliphatic rings. The van der Waals surface area contributed by atoms with Crippen LogP contribution in [0.5, 0.6) is 0 Å². The lowest BCUT2D eigenvalue weighted by molar-refractivity contribution is -0.137. The Hall–Kier alpha value is -2.89. The van der Waals surface area contributed by atoms with Crippen LogP contribution < -0.4 is 10.2 Å². The van der Waals surface area contributed by atoms with E-state index >= 15 is 0 Å². The minimum Gasteiger partial charge on any atom is -0.324 e. The summed E-state index contributed by atoms with van der Waals surface area (Å²) in [7, 11) is 0. The Labute approximate surface area is 171 Å². The quantitative estimate of drug-likeness (QED) is 0.634. The second-order valence-electron chi connectivity index (χ2n) is 6.44. The zero-order chi connectivity index (χ0) is 19.7. The topological polar surface area (TPSA) is 62.3 Å². The number of carbonyl (C=O) groups excluding carboxylic acids is 2. The third-order valence-electron chi connectivity index (χ3n) is 4.76. The van der Waals surface area contributed by atoms with E-state index in [1.807, 2.05) is 0 Å². The van der Waals surface area contributed by atoms with Crippen molar-refractivity contribution in [2.24, 2.45) is 0 Å². The molecule has 0 spiro atoms. The Morgan fingerprint density at radius 2 is 1.50 bits per heavy atom. The SMILES string of the molecule is O=C1CC(C(=O)Nc2ccc(Cl)cc2)(c2ccncc2)N1c1ccc(Cl)cc1. The van der Waals surface area contributed by atoms with Gasteiger partial charge in [0.2, 0.25) is 5.91 Å². The highest BCUT2D eigenvalue weighted by atomic mass is 35.5. The molecule has 3 aromatic rings. The van der Waals surface area contributed by atoms with Gasteiger partial charge in [-0.2, -0.15) is 0 Å². The van der Waals surface area contributed by atoms with Crippen LogP contribution in [-0.2, 0) is 15.1 Å². The number of pyridine rings is 1. The molecule has 1 N–H and O–H groups in total. The van der Waals surface area contributed by atoms with Gasteiger partial charge in [-0.25, -0.2) is 0 Å². The molecule has 7 heteroatoms. The molecule has 0 saturated carbocycles. The molecule has 0 aliphatic carbocycles. The van der Waals surface area contributed by atoms with Crippen LogP contribution in [-0.4, -0.2) is 16.8 Å². The Bertz CT molecular complexity index is 1020. The Morgan fingerprint density at radius 3 is 2.07 bits per heavy atom. The van der Waals surface area contributed by atoms with Gasteiger partial charge in [-0.15, -0.1) is 0 Å². The molecule has 1 aromatic heterocycles. The number of nitrogens with zero attached hydrogens (tertiary/aromatic N) is 2. The monoisotopic (exact) mass is 411 g/mol. The summed E-state index contributed by atoms with van der Waals surface area (Å²) in [4.78, 5) is 31.5. The Morgan fingerprint density at radius 1 is 0.929 bits per heavy atom. The summed E-state index contributed by atoms with van der Waals surface area (Å²) in [6, 6.07) is 17.1. The lowest BCUT2D eigenvalue weighted by atomic mass is 9.76. The molecule has 2 aromatic carbocycles. The van der Waals surface area contributed by atoms with Gasteiger partial charge in [0.25, 0.3) is 5.91 Å². The molecule has 1 unspecified atom stereocenters. The zero-order valence-electron chi connectivity index (χ0n) is 14.6. The van der Waals surface area contributed by atoms with Crippen molar-refractivity contribution >= 4 is 46.4 Å². The predicted octanol–water partition coefficient (Wildman–Crippen LogP) is 4.66. The number of carbonyl (C=O) groups is 2. The lowest BCUT2D eigenvalue weighted by Crippen LogP contribution is -2.67. The highest BCUT2D eigenvalue weighted by Gasteiger charge is 2.58. The van der Waals surface area contributed by atoms with Crippen molar-refractivity contribution < 1.29 is 9.59 Å². The summed E-state index contributed by atoms with van der Waals surface area (Å²) in [5.74, 6) is -0.457. The first-order valence-electron chi connectivity index (χ1n) is 8.57. The average molecular weight is 412 g/mol. The fraction of sp³-hybridized carbons (Fsp3) is 0.0952. The number of benzene rings is 2. The molecule has 1 aliphatic heterocycles. The number of hydrogen-bond acceptors (Lipinski definition) is 3. The van der Waals surface area contributed by atoms with E-state index in [4.69, 9.17) is 23.2 Å². The summed E-state index contributed by atoms with van der Waals surface area (Å²) in [6.07, 6.45) is 3.27. The van der Waals surface area contributed by atoms with E-state index in [-0.39, 0.29) is 18.2 Å². The van der Waals surface area contributed by atoms with Gasteiger partial charge in [-0.3, -0.25) is 19.5 Å². The zero-order valence-corrected chi connectivity index (χ0v) is 16.1. The highest BCUT2D eigenvalue weighted by molar-refractivity contribution is 6.31. The first-order valence-corrected chi connectivity index (χ1v) is 9.32. The molecule has 1 saturated heterocycles. The molecule has 2 amide bonds. The van der Waals surface area contributed by atoms with Gasteiger partial charge in [-0.05, 0) is 66.2 Å². The van der Waals surface area contributed by atoms with Crippen LogP contribution in [0.1, 0.15) is 12.0 Å². The summed E-state index contributed by atoms with van der Waals surface area (Å²) in [5, 5.41) is 4.03. The highest BCUT2D eigenvalue weighted by Crippen LogP contribution is 2.45. The Kier molecular flexibility index (Phi) is 4.79. The minimum absolute atomic E-state index is 0.0546. The van der Waals surface area contributed by atoms with Gasteiger partial charge >= 0.3 is 0 Å². The van der Waals surface area contributed by atoms with Crippen molar-refractivity contribution in [2.45, 2.75) is 12.0 Å². The molecular formula is C21H15Cl2N3O2. The fourth-order valence-corrected chi connectivity index (χ4v) is 3.64. The van der Waals surface area contributed by atoms with Crippen LogP contribution in [0, 0.1) is 0 Å². The van der Waals surface area contributed by atoms with Crippen molar-refractivity contribution in [2.75, 3.05) is 10.2 Å². The van der Waals surface area contributed by atoms with Crippen LogP contribution in [0.3, 0.4) is 0 Å². The van der Waals surface area contributed by atoms with Crippen LogP contribution >= 0.6 is 23.2 Å². The first kappa shape index (κ1) is 18.5. The third-order valence-corrected chi connectivity index (χ3v) is 5.26. The van der Waals surface area contributed by atoms with Gasteiger partial charge in [0, 0.05) is 33.8 Å². The summed E-state index contributed by atoms with van der Waals surface area (Å²) >= 11 is 11.9. The lowest BCUT2D eigenvalue weighted by Gasteiger charge is -2.50. The van der Waals surface area contributed by atoms with Gasteiger partial charge < -0.3 is 5.32 Å². The second-order valence-corrected chi connectivity index (χ2v) is 7.31. The third kappa shape index (κ3) is 3.13. The molecule has 0 radical (unpaired) electrons. The van der Waals surface area contributed by atoms with E-state index < -0.39 is 5.54 Å². The molecule has 1 fully saturated rings. The molecule has 1 atom stereocenters. The number of nitrogens with one attached hydrogen (secondary N) is 1. The maximum Gasteiger partial charge on any atom is 0.255 e. The van der Waals surface area contributed by atoms with Crippen molar-refractivity contribution in [3.63, 3.8) is 0 Å². The van der Waals surface area contributed by atoms with Crippen LogP contribution in [0.2, 0.25) is 10.0 Å². The molecule has 4 rings (SSSR count). The van der Waals surface area contributed by atoms with Crippen molar-refractivity contribution in [3.8, 4) is 0 Å². The van der Waals surface area contributed by atoms with Crippen LogP contribution in [0.15, 0.2) is 73.1 Å². The largest absolute Gasteiger partial charge is 0.324 e. The number of hydrogen-bond donors (Lipinski definition) is 1. The van der Waals surface area contributed by atoms with Crippen molar-refractivity contribution in [3.05, 3.63) is 88.7 Å². The normalized spacial score (nSPS) is 18.5. The van der Waals surface area contributed by atoms with Gasteiger partial charge in [0.1, 0.15) is 0 Å². The van der Waals surface area contributed by atoms with Gasteiger partial charge in [0.15, 0.2) is 5.54 Å². The van der Waals surface area contributed by atoms with E-state index in [0.29, 0.717) is 27.0 Å². The maximum absolute atomic E-state index is 13.4. The smallest absolute Gasteiger partial charge is 0.255 e. The minimum atomic E-state index is -1.17. The standard InChI is InChI=1S/C21H15Cl2N3O2/c22-15-1-5-17(6-2-15)25-20(28)21(14-9-11-24-12-10-14)13-19(27)26(21)18-7-3-16(23)4-8-18/h1-12H,13H2,(H,25,28). The number of β-lactam (4-membered cyclic amide) rings is 1. The summed E-state index contributed by atoms with van der Waals surface area (Å²) < 4.78 is 0. The summed E-state index contributed by atoms with van der Waals surface area (Å²) in [6.45, 7) is 0. The molecule has 140 valence electrons. The van der Waals surface area contributed by atoms with E-state index in [1.54, 1.807) is 73.1 Å². The number of rotatable bonds is 4. The molecule has 28 heavy (non-hydrogen) atoms. The van der Waals surface area contributed by atoms with Gasteiger partial charge in [0.05, 0.1) is 6.42 Å². The first-order chi connectivity index (χ1) is 13.5. The van der Waals surface area contributed by atoms with E-state index in [9.17, 15) is 9.59 Å². The van der Waals surface area contributed by atoms with Gasteiger partial charge in [-0.1, -0.05) is 23.2 Å². The number of halogens is 2. The molecule has 5 nitrogen and oxygen atoms in total. The second kappa shape index (κ2) is 7.26. The van der Waals surface area contributed by atoms with E-state index in [1.165, 1.54) is 4.90 Å². The fourth-order valence-electron chi connectivity index (χ4n) is 3.39. The number of amides is 2. The maximum atomic E-state index is 13.4. The van der Waals surface area contributed by atoms with Crippen molar-refractivity contribution in [1.82, 2.24) is 4.98 Å². The Balaban J connectivity index is 1.77. The van der Waals surface area contributed by atoms with E-state index in [2.05, 4.69) is 10.3 Å². The predicted molar refractivity (Wildman–Crippen MR) is 110 cm³/mol. The van der Waals surface area contributed by atoms with E-state index in [0.717, 1.165) is 0 Å². The summed E-state index contributed by atoms with van der Waals surface area (Å²) in [5.41, 5.74) is 0.707.